The first-order valence-corrected chi connectivity index (χ1v) is 9.41. The van der Waals surface area contributed by atoms with Gasteiger partial charge >= 0.3 is 0 Å². The van der Waals surface area contributed by atoms with E-state index in [0.717, 1.165) is 0 Å². The van der Waals surface area contributed by atoms with Gasteiger partial charge in [-0.1, -0.05) is 68.3 Å². The third-order valence-corrected chi connectivity index (χ3v) is 7.35. The van der Waals surface area contributed by atoms with Crippen LogP contribution in [0.5, 0.6) is 0 Å². The van der Waals surface area contributed by atoms with Crippen LogP contribution in [0, 0.1) is 27.7 Å². The van der Waals surface area contributed by atoms with Gasteiger partial charge in [-0.25, -0.2) is 0 Å². The molecule has 0 radical (unpaired) electrons. The summed E-state index contributed by atoms with van der Waals surface area (Å²) in [4.78, 5) is 0.512. The Hall–Kier alpha value is -0.860. The summed E-state index contributed by atoms with van der Waals surface area (Å²) >= 11 is 7.94. The fraction of sp³-hybridized carbons (Fsp3) is 0.300. The van der Waals surface area contributed by atoms with E-state index in [9.17, 15) is 0 Å². The van der Waals surface area contributed by atoms with Gasteiger partial charge in [-0.05, 0) is 72.2 Å². The van der Waals surface area contributed by atoms with Crippen LogP contribution in [0.4, 0.5) is 0 Å². The minimum absolute atomic E-state index is 0.256. The van der Waals surface area contributed by atoms with Gasteiger partial charge in [0.25, 0.3) is 0 Å². The van der Waals surface area contributed by atoms with E-state index >= 15 is 0 Å². The second kappa shape index (κ2) is 5.98. The van der Waals surface area contributed by atoms with Crippen molar-refractivity contribution in [3.63, 3.8) is 0 Å². The number of hydrogen-bond acceptors (Lipinski definition) is 0. The van der Waals surface area contributed by atoms with Gasteiger partial charge in [0.1, 0.15) is 0 Å². The number of rotatable bonds is 0. The van der Waals surface area contributed by atoms with E-state index in [1.54, 1.807) is 0 Å². The molecule has 2 aromatic rings. The molecule has 0 amide bonds. The van der Waals surface area contributed by atoms with Crippen LogP contribution in [0.15, 0.2) is 24.3 Å². The molecule has 0 N–H and O–H groups in total. The predicted molar refractivity (Wildman–Crippen MR) is 104 cm³/mol. The summed E-state index contributed by atoms with van der Waals surface area (Å²) in [6.45, 7) is 8.78. The van der Waals surface area contributed by atoms with E-state index in [2.05, 4.69) is 96.0 Å². The number of benzene rings is 2. The molecule has 0 spiro atoms. The molecule has 2 aromatic carbocycles. The lowest BCUT2D eigenvalue weighted by molar-refractivity contribution is 0.907. The van der Waals surface area contributed by atoms with Gasteiger partial charge in [0, 0.05) is 0 Å². The Morgan fingerprint density at radius 2 is 0.909 bits per heavy atom. The predicted octanol–water partition coefficient (Wildman–Crippen LogP) is 6.98. The molecule has 0 saturated carbocycles. The summed E-state index contributed by atoms with van der Waals surface area (Å²) in [6, 6.07) is 8.88. The smallest absolute Gasteiger partial charge is 0.0570 e. The molecule has 1 aliphatic rings. The van der Waals surface area contributed by atoms with Crippen molar-refractivity contribution >= 4 is 44.0 Å². The molecule has 0 heterocycles. The number of aryl methyl sites for hydroxylation is 4. The highest BCUT2D eigenvalue weighted by atomic mass is 79.9. The quantitative estimate of drug-likeness (QED) is 0.404. The van der Waals surface area contributed by atoms with Crippen LogP contribution in [0.25, 0.3) is 12.2 Å². The highest BCUT2D eigenvalue weighted by molar-refractivity contribution is 9.12. The Labute approximate surface area is 149 Å². The molecule has 0 bridgehead atoms. The van der Waals surface area contributed by atoms with Crippen molar-refractivity contribution in [2.24, 2.45) is 0 Å². The Morgan fingerprint density at radius 1 is 0.591 bits per heavy atom. The molecule has 114 valence electrons. The Balaban J connectivity index is 2.35. The minimum Gasteiger partial charge on any atom is -0.0822 e. The standard InChI is InChI=1S/C20H20Br2/c1-11-5-7-13(3)17-15(11)9-10-16-12(2)6-8-14(4)18(16)20(22)19(17)21/h5-10,19-20H,1-4H3/b10-9-. The lowest BCUT2D eigenvalue weighted by atomic mass is 9.85. The second-order valence-corrected chi connectivity index (χ2v) is 8.16. The first-order valence-electron chi connectivity index (χ1n) is 7.58. The molecule has 2 heteroatoms. The third kappa shape index (κ3) is 2.51. The third-order valence-electron chi connectivity index (χ3n) is 4.67. The zero-order valence-electron chi connectivity index (χ0n) is 13.4. The maximum Gasteiger partial charge on any atom is 0.0570 e. The van der Waals surface area contributed by atoms with Crippen LogP contribution >= 0.6 is 31.9 Å². The number of halogens is 2. The van der Waals surface area contributed by atoms with Gasteiger partial charge in [-0.2, -0.15) is 0 Å². The Morgan fingerprint density at radius 3 is 1.27 bits per heavy atom. The average molecular weight is 420 g/mol. The van der Waals surface area contributed by atoms with Crippen molar-refractivity contribution in [3.05, 3.63) is 68.8 Å². The lowest BCUT2D eigenvalue weighted by Crippen LogP contribution is -2.10. The van der Waals surface area contributed by atoms with Crippen molar-refractivity contribution in [2.75, 3.05) is 0 Å². The van der Waals surface area contributed by atoms with Crippen molar-refractivity contribution < 1.29 is 0 Å². The first kappa shape index (κ1) is 16.0. The van der Waals surface area contributed by atoms with Crippen LogP contribution in [-0.4, -0.2) is 0 Å². The van der Waals surface area contributed by atoms with Gasteiger partial charge in [-0.15, -0.1) is 0 Å². The summed E-state index contributed by atoms with van der Waals surface area (Å²) in [6.07, 6.45) is 4.58. The fourth-order valence-corrected chi connectivity index (χ4v) is 5.09. The van der Waals surface area contributed by atoms with Gasteiger partial charge < -0.3 is 0 Å². The SMILES string of the molecule is Cc1ccc(C)c2c1/C=C\c1c(C)ccc(C)c1C(Br)C2Br. The zero-order chi connectivity index (χ0) is 16.0. The molecular weight excluding hydrogens is 400 g/mol. The van der Waals surface area contributed by atoms with Crippen molar-refractivity contribution in [3.8, 4) is 0 Å². The van der Waals surface area contributed by atoms with E-state index in [1.165, 1.54) is 44.5 Å². The molecule has 0 nitrogen and oxygen atoms in total. The molecule has 0 fully saturated rings. The zero-order valence-corrected chi connectivity index (χ0v) is 16.5. The molecule has 3 rings (SSSR count). The largest absolute Gasteiger partial charge is 0.0822 e. The van der Waals surface area contributed by atoms with Crippen LogP contribution in [0.1, 0.15) is 54.2 Å². The maximum absolute atomic E-state index is 3.97. The summed E-state index contributed by atoms with van der Waals surface area (Å²) in [5.41, 5.74) is 10.8. The van der Waals surface area contributed by atoms with Crippen molar-refractivity contribution in [1.29, 1.82) is 0 Å². The van der Waals surface area contributed by atoms with E-state index in [1.807, 2.05) is 0 Å². The highest BCUT2D eigenvalue weighted by Crippen LogP contribution is 2.49. The molecule has 0 aromatic heterocycles. The van der Waals surface area contributed by atoms with Crippen LogP contribution in [0.3, 0.4) is 0 Å². The van der Waals surface area contributed by atoms with Crippen molar-refractivity contribution in [1.82, 2.24) is 0 Å². The van der Waals surface area contributed by atoms with Gasteiger partial charge in [0.2, 0.25) is 0 Å². The van der Waals surface area contributed by atoms with Crippen LogP contribution in [0.2, 0.25) is 0 Å². The Kier molecular flexibility index (Phi) is 4.35. The molecular formula is C20H20Br2. The maximum atomic E-state index is 3.97. The van der Waals surface area contributed by atoms with Gasteiger partial charge in [0.15, 0.2) is 0 Å². The summed E-state index contributed by atoms with van der Waals surface area (Å²) in [7, 11) is 0. The first-order chi connectivity index (χ1) is 10.4. The van der Waals surface area contributed by atoms with E-state index in [-0.39, 0.29) is 9.65 Å². The average Bonchev–Trinajstić information content (AvgIpc) is 2.48. The number of fused-ring (bicyclic) bond motifs is 2. The number of hydrogen-bond donors (Lipinski definition) is 0. The lowest BCUT2D eigenvalue weighted by Gasteiger charge is -2.28. The molecule has 2 atom stereocenters. The second-order valence-electron chi connectivity index (χ2n) is 6.19. The summed E-state index contributed by atoms with van der Waals surface area (Å²) in [5, 5.41) is 0. The topological polar surface area (TPSA) is 0 Å². The monoisotopic (exact) mass is 418 g/mol. The Bertz CT molecular complexity index is 706. The summed E-state index contributed by atoms with van der Waals surface area (Å²) < 4.78 is 0. The van der Waals surface area contributed by atoms with E-state index in [4.69, 9.17) is 0 Å². The molecule has 22 heavy (non-hydrogen) atoms. The molecule has 2 unspecified atom stereocenters. The van der Waals surface area contributed by atoms with E-state index in [0.29, 0.717) is 0 Å². The molecule has 1 aliphatic carbocycles. The minimum atomic E-state index is 0.256. The van der Waals surface area contributed by atoms with Crippen molar-refractivity contribution in [2.45, 2.75) is 37.3 Å². The highest BCUT2D eigenvalue weighted by Gasteiger charge is 2.28. The summed E-state index contributed by atoms with van der Waals surface area (Å²) in [5.74, 6) is 0. The molecule has 0 saturated heterocycles. The van der Waals surface area contributed by atoms with Gasteiger partial charge in [-0.3, -0.25) is 0 Å². The fourth-order valence-electron chi connectivity index (χ4n) is 3.34. The van der Waals surface area contributed by atoms with Crippen LogP contribution < -0.4 is 0 Å². The van der Waals surface area contributed by atoms with E-state index < -0.39 is 0 Å². The molecule has 0 aliphatic heterocycles. The number of alkyl halides is 2. The normalized spacial score (nSPS) is 21.5. The van der Waals surface area contributed by atoms with Crippen LogP contribution in [-0.2, 0) is 0 Å². The van der Waals surface area contributed by atoms with Gasteiger partial charge in [0.05, 0.1) is 9.65 Å².